The fourth-order valence-electron chi connectivity index (χ4n) is 1.46. The Morgan fingerprint density at radius 2 is 2.00 bits per heavy atom. The fourth-order valence-corrected chi connectivity index (χ4v) is 1.46. The van der Waals surface area contributed by atoms with Crippen LogP contribution >= 0.6 is 0 Å². The molecule has 0 bridgehead atoms. The van der Waals surface area contributed by atoms with Gasteiger partial charge in [-0.1, -0.05) is 13.8 Å². The zero-order valence-electron chi connectivity index (χ0n) is 11.3. The van der Waals surface area contributed by atoms with Crippen molar-refractivity contribution in [1.82, 2.24) is 15.1 Å². The topological polar surface area (TPSA) is 90.3 Å². The van der Waals surface area contributed by atoms with E-state index >= 15 is 0 Å². The summed E-state index contributed by atoms with van der Waals surface area (Å²) in [5, 5.41) is 6.35. The number of esters is 1. The van der Waals surface area contributed by atoms with E-state index in [-0.39, 0.29) is 17.2 Å². The average Bonchev–Trinajstić information content (AvgIpc) is 2.37. The first-order chi connectivity index (χ1) is 8.86. The van der Waals surface area contributed by atoms with Gasteiger partial charge in [0.25, 0.3) is 11.5 Å². The van der Waals surface area contributed by atoms with Crippen LogP contribution in [0.5, 0.6) is 0 Å². The molecule has 0 fully saturated rings. The molecule has 1 unspecified atom stereocenters. The van der Waals surface area contributed by atoms with E-state index in [4.69, 9.17) is 0 Å². The molecule has 0 radical (unpaired) electrons. The van der Waals surface area contributed by atoms with Crippen molar-refractivity contribution in [3.05, 3.63) is 28.2 Å². The van der Waals surface area contributed by atoms with E-state index in [9.17, 15) is 14.4 Å². The molecule has 19 heavy (non-hydrogen) atoms. The molecule has 7 nitrogen and oxygen atoms in total. The van der Waals surface area contributed by atoms with Gasteiger partial charge in [0.2, 0.25) is 0 Å². The van der Waals surface area contributed by atoms with Crippen LogP contribution < -0.4 is 10.9 Å². The summed E-state index contributed by atoms with van der Waals surface area (Å²) in [4.78, 5) is 34.6. The molecule has 1 heterocycles. The molecule has 1 aromatic rings. The molecule has 0 spiro atoms. The maximum absolute atomic E-state index is 11.9. The van der Waals surface area contributed by atoms with Crippen molar-refractivity contribution in [3.63, 3.8) is 0 Å². The number of carbonyl (C=O) groups excluding carboxylic acids is 2. The summed E-state index contributed by atoms with van der Waals surface area (Å²) in [5.41, 5.74) is -0.249. The van der Waals surface area contributed by atoms with E-state index in [1.54, 1.807) is 13.8 Å². The second-order valence-electron chi connectivity index (χ2n) is 4.40. The molecule has 1 rings (SSSR count). The van der Waals surface area contributed by atoms with Gasteiger partial charge in [0, 0.05) is 13.1 Å². The number of amides is 1. The zero-order chi connectivity index (χ0) is 14.6. The molecule has 0 aromatic carbocycles. The molecule has 1 amide bonds. The Morgan fingerprint density at radius 1 is 1.37 bits per heavy atom. The van der Waals surface area contributed by atoms with Gasteiger partial charge in [-0.3, -0.25) is 9.59 Å². The number of hydrogen-bond acceptors (Lipinski definition) is 5. The zero-order valence-corrected chi connectivity index (χ0v) is 11.3. The van der Waals surface area contributed by atoms with Crippen molar-refractivity contribution < 1.29 is 14.3 Å². The Morgan fingerprint density at radius 3 is 2.47 bits per heavy atom. The third-order valence-corrected chi connectivity index (χ3v) is 2.60. The molecule has 1 atom stereocenters. The molecule has 1 aromatic heterocycles. The summed E-state index contributed by atoms with van der Waals surface area (Å²) in [5.74, 6) is -1.17. The van der Waals surface area contributed by atoms with Crippen molar-refractivity contribution >= 4 is 11.9 Å². The highest BCUT2D eigenvalue weighted by Crippen LogP contribution is 2.04. The monoisotopic (exact) mass is 267 g/mol. The average molecular weight is 267 g/mol. The van der Waals surface area contributed by atoms with Gasteiger partial charge in [0.05, 0.1) is 7.11 Å². The van der Waals surface area contributed by atoms with Gasteiger partial charge in [-0.25, -0.2) is 9.48 Å². The quantitative estimate of drug-likeness (QED) is 0.757. The van der Waals surface area contributed by atoms with Crippen LogP contribution in [0.2, 0.25) is 0 Å². The van der Waals surface area contributed by atoms with E-state index in [0.29, 0.717) is 0 Å². The van der Waals surface area contributed by atoms with Crippen LogP contribution in [-0.4, -0.2) is 34.8 Å². The molecule has 0 saturated heterocycles. The van der Waals surface area contributed by atoms with Gasteiger partial charge in [-0.15, -0.1) is 0 Å². The molecule has 0 saturated carbocycles. The van der Waals surface area contributed by atoms with E-state index in [1.807, 2.05) is 0 Å². The van der Waals surface area contributed by atoms with E-state index in [2.05, 4.69) is 15.2 Å². The SMILES string of the molecule is COC(=O)C(NC(=O)c1ccc(=O)n(C)n1)C(C)C. The summed E-state index contributed by atoms with van der Waals surface area (Å²) in [6.07, 6.45) is 0. The number of rotatable bonds is 4. The van der Waals surface area contributed by atoms with Crippen LogP contribution in [0, 0.1) is 5.92 Å². The van der Waals surface area contributed by atoms with Crippen molar-refractivity contribution in [2.75, 3.05) is 7.11 Å². The number of aromatic nitrogens is 2. The Hall–Kier alpha value is -2.18. The molecular formula is C12H17N3O4. The summed E-state index contributed by atoms with van der Waals surface area (Å²) in [6, 6.07) is 1.80. The van der Waals surface area contributed by atoms with Crippen molar-refractivity contribution in [1.29, 1.82) is 0 Å². The van der Waals surface area contributed by atoms with Gasteiger partial charge in [-0.05, 0) is 12.0 Å². The number of ether oxygens (including phenoxy) is 1. The maximum Gasteiger partial charge on any atom is 0.328 e. The van der Waals surface area contributed by atoms with Crippen molar-refractivity contribution in [2.45, 2.75) is 19.9 Å². The minimum Gasteiger partial charge on any atom is -0.467 e. The van der Waals surface area contributed by atoms with E-state index < -0.39 is 17.9 Å². The Bertz CT molecular complexity index is 536. The number of aryl methyl sites for hydroxylation is 1. The van der Waals surface area contributed by atoms with Crippen molar-refractivity contribution in [3.8, 4) is 0 Å². The summed E-state index contributed by atoms with van der Waals surface area (Å²) in [6.45, 7) is 3.58. The van der Waals surface area contributed by atoms with Gasteiger partial charge < -0.3 is 10.1 Å². The molecule has 104 valence electrons. The van der Waals surface area contributed by atoms with Gasteiger partial charge in [0.1, 0.15) is 11.7 Å². The van der Waals surface area contributed by atoms with Gasteiger partial charge >= 0.3 is 5.97 Å². The molecule has 0 aliphatic rings. The van der Waals surface area contributed by atoms with Crippen LogP contribution in [0.4, 0.5) is 0 Å². The number of hydrogen-bond donors (Lipinski definition) is 1. The number of nitrogens with one attached hydrogen (secondary N) is 1. The van der Waals surface area contributed by atoms with Crippen LogP contribution in [0.15, 0.2) is 16.9 Å². The largest absolute Gasteiger partial charge is 0.467 e. The van der Waals surface area contributed by atoms with E-state index in [0.717, 1.165) is 4.68 Å². The van der Waals surface area contributed by atoms with Crippen LogP contribution in [0.3, 0.4) is 0 Å². The highest BCUT2D eigenvalue weighted by atomic mass is 16.5. The highest BCUT2D eigenvalue weighted by molar-refractivity contribution is 5.95. The lowest BCUT2D eigenvalue weighted by Crippen LogP contribution is -2.45. The number of nitrogens with zero attached hydrogens (tertiary/aromatic N) is 2. The van der Waals surface area contributed by atoms with Gasteiger partial charge in [0.15, 0.2) is 0 Å². The Labute approximate surface area is 110 Å². The third kappa shape index (κ3) is 3.64. The second-order valence-corrected chi connectivity index (χ2v) is 4.40. The predicted octanol–water partition coefficient (Wildman–Crippen LogP) is -0.292. The molecule has 7 heteroatoms. The summed E-state index contributed by atoms with van der Waals surface area (Å²) >= 11 is 0. The van der Waals surface area contributed by atoms with E-state index in [1.165, 1.54) is 26.3 Å². The number of carbonyl (C=O) groups is 2. The Balaban J connectivity index is 2.90. The number of methoxy groups -OCH3 is 1. The lowest BCUT2D eigenvalue weighted by molar-refractivity contribution is -0.144. The first kappa shape index (κ1) is 14.9. The first-order valence-electron chi connectivity index (χ1n) is 5.80. The molecule has 0 aliphatic carbocycles. The standard InChI is InChI=1S/C12H17N3O4/c1-7(2)10(12(18)19-4)13-11(17)8-5-6-9(16)15(3)14-8/h5-7,10H,1-4H3,(H,13,17). The van der Waals surface area contributed by atoms with Crippen molar-refractivity contribution in [2.24, 2.45) is 13.0 Å². The summed E-state index contributed by atoms with van der Waals surface area (Å²) in [7, 11) is 2.70. The van der Waals surface area contributed by atoms with Gasteiger partial charge in [-0.2, -0.15) is 5.10 Å². The third-order valence-electron chi connectivity index (χ3n) is 2.60. The predicted molar refractivity (Wildman–Crippen MR) is 67.6 cm³/mol. The lowest BCUT2D eigenvalue weighted by Gasteiger charge is -2.19. The molecule has 0 aliphatic heterocycles. The summed E-state index contributed by atoms with van der Waals surface area (Å²) < 4.78 is 5.68. The van der Waals surface area contributed by atoms with Crippen LogP contribution in [0.25, 0.3) is 0 Å². The normalized spacial score (nSPS) is 12.1. The first-order valence-corrected chi connectivity index (χ1v) is 5.80. The lowest BCUT2D eigenvalue weighted by atomic mass is 10.0. The molecular weight excluding hydrogens is 250 g/mol. The minimum absolute atomic E-state index is 0.0663. The van der Waals surface area contributed by atoms with Crippen LogP contribution in [0.1, 0.15) is 24.3 Å². The maximum atomic E-state index is 11.9. The highest BCUT2D eigenvalue weighted by Gasteiger charge is 2.25. The molecule has 1 N–H and O–H groups in total. The minimum atomic E-state index is -0.753. The van der Waals surface area contributed by atoms with Crippen LogP contribution in [-0.2, 0) is 16.6 Å². The Kier molecular flexibility index (Phi) is 4.80. The smallest absolute Gasteiger partial charge is 0.328 e. The fraction of sp³-hybridized carbons (Fsp3) is 0.500. The second kappa shape index (κ2) is 6.12.